The highest BCUT2D eigenvalue weighted by molar-refractivity contribution is 5.78. The molecule has 0 aliphatic rings. The lowest BCUT2D eigenvalue weighted by Gasteiger charge is -2.19. The lowest BCUT2D eigenvalue weighted by atomic mass is 10.0. The van der Waals surface area contributed by atoms with Crippen LogP contribution in [-0.2, 0) is 9.59 Å². The summed E-state index contributed by atoms with van der Waals surface area (Å²) < 4.78 is 5.50. The molecule has 3 N–H and O–H groups in total. The summed E-state index contributed by atoms with van der Waals surface area (Å²) in [4.78, 5) is 22.7. The van der Waals surface area contributed by atoms with Gasteiger partial charge in [-0.25, -0.2) is 10.5 Å². The molecular weight excluding hydrogens is 310 g/mol. The Balaban J connectivity index is 2.28. The third kappa shape index (κ3) is 8.50. The Labute approximate surface area is 142 Å². The average molecular weight is 337 g/mol. The number of carbonyl (C=O) groups excluding carboxylic acids is 2. The molecule has 7 nitrogen and oxygen atoms in total. The molecule has 0 aliphatic heterocycles. The first kappa shape index (κ1) is 19.9. The number of benzene rings is 1. The number of hydroxylamine groups is 2. The Hall–Kier alpha value is -2.12. The van der Waals surface area contributed by atoms with E-state index in [4.69, 9.17) is 4.74 Å². The first-order chi connectivity index (χ1) is 11.7. The van der Waals surface area contributed by atoms with Crippen molar-refractivity contribution in [3.8, 4) is 5.75 Å². The van der Waals surface area contributed by atoms with Gasteiger partial charge in [0.1, 0.15) is 12.4 Å². The second-order valence-corrected chi connectivity index (χ2v) is 5.50. The van der Waals surface area contributed by atoms with E-state index in [-0.39, 0.29) is 12.5 Å². The maximum absolute atomic E-state index is 12.2. The quantitative estimate of drug-likeness (QED) is 0.221. The van der Waals surface area contributed by atoms with Crippen molar-refractivity contribution in [2.24, 2.45) is 5.92 Å². The Morgan fingerprint density at radius 2 is 2.08 bits per heavy atom. The van der Waals surface area contributed by atoms with Crippen molar-refractivity contribution >= 4 is 12.3 Å². The van der Waals surface area contributed by atoms with Crippen LogP contribution in [0.3, 0.4) is 0 Å². The number of carbonyl (C=O) groups is 2. The smallest absolute Gasteiger partial charge is 0.239 e. The molecule has 134 valence electrons. The molecule has 2 amide bonds. The van der Waals surface area contributed by atoms with Gasteiger partial charge in [-0.1, -0.05) is 44.4 Å². The topological polar surface area (TPSA) is 90.9 Å². The molecule has 1 unspecified atom stereocenters. The van der Waals surface area contributed by atoms with Gasteiger partial charge in [0, 0.05) is 6.54 Å². The Bertz CT molecular complexity index is 470. The standard InChI is InChI=1S/C17H27N3O4/c1-2-3-5-8-15(13-20(23)14-21)17(22)19-18-11-12-24-16-9-6-4-7-10-16/h4,6-7,9-10,14-15,18,23H,2-3,5,8,11-13H2,1H3,(H,19,22). The number of amides is 2. The monoisotopic (exact) mass is 337 g/mol. The zero-order valence-electron chi connectivity index (χ0n) is 14.1. The summed E-state index contributed by atoms with van der Waals surface area (Å²) in [6, 6.07) is 9.40. The molecular formula is C17H27N3O4. The number of ether oxygens (including phenoxy) is 1. The molecule has 1 aromatic rings. The SMILES string of the molecule is CCCCCC(CN(O)C=O)C(=O)NNCCOc1ccccc1. The van der Waals surface area contributed by atoms with Crippen molar-refractivity contribution in [3.05, 3.63) is 30.3 Å². The molecule has 0 saturated carbocycles. The minimum atomic E-state index is -0.450. The molecule has 24 heavy (non-hydrogen) atoms. The van der Waals surface area contributed by atoms with Crippen LogP contribution in [0.4, 0.5) is 0 Å². The fourth-order valence-corrected chi connectivity index (χ4v) is 2.20. The molecule has 0 radical (unpaired) electrons. The van der Waals surface area contributed by atoms with Crippen molar-refractivity contribution in [3.63, 3.8) is 0 Å². The number of nitrogens with one attached hydrogen (secondary N) is 2. The second-order valence-electron chi connectivity index (χ2n) is 5.50. The zero-order valence-corrected chi connectivity index (χ0v) is 14.1. The van der Waals surface area contributed by atoms with Crippen molar-refractivity contribution < 1.29 is 19.5 Å². The maximum Gasteiger partial charge on any atom is 0.239 e. The van der Waals surface area contributed by atoms with Crippen LogP contribution in [0.2, 0.25) is 0 Å². The van der Waals surface area contributed by atoms with E-state index in [2.05, 4.69) is 17.8 Å². The minimum Gasteiger partial charge on any atom is -0.492 e. The van der Waals surface area contributed by atoms with Gasteiger partial charge in [-0.15, -0.1) is 0 Å². The van der Waals surface area contributed by atoms with Crippen LogP contribution in [0.15, 0.2) is 30.3 Å². The van der Waals surface area contributed by atoms with E-state index in [1.165, 1.54) is 0 Å². The predicted molar refractivity (Wildman–Crippen MR) is 90.3 cm³/mol. The molecule has 0 fully saturated rings. The van der Waals surface area contributed by atoms with Gasteiger partial charge in [0.05, 0.1) is 12.5 Å². The number of para-hydroxylation sites is 1. The number of nitrogens with zero attached hydrogens (tertiary/aromatic N) is 1. The third-order valence-corrected chi connectivity index (χ3v) is 3.51. The molecule has 0 aromatic heterocycles. The molecule has 0 heterocycles. The summed E-state index contributed by atoms with van der Waals surface area (Å²) in [5.74, 6) is 0.0750. The van der Waals surface area contributed by atoms with E-state index in [0.717, 1.165) is 25.0 Å². The van der Waals surface area contributed by atoms with Gasteiger partial charge in [-0.05, 0) is 18.6 Å². The van der Waals surface area contributed by atoms with E-state index in [1.807, 2.05) is 30.3 Å². The van der Waals surface area contributed by atoms with Crippen LogP contribution >= 0.6 is 0 Å². The van der Waals surface area contributed by atoms with Crippen LogP contribution in [0.5, 0.6) is 5.75 Å². The van der Waals surface area contributed by atoms with Gasteiger partial charge in [-0.2, -0.15) is 0 Å². The number of hydrogen-bond donors (Lipinski definition) is 3. The normalized spacial score (nSPS) is 11.6. The molecule has 0 saturated heterocycles. The van der Waals surface area contributed by atoms with Crippen LogP contribution < -0.4 is 15.6 Å². The van der Waals surface area contributed by atoms with E-state index in [1.54, 1.807) is 0 Å². The fourth-order valence-electron chi connectivity index (χ4n) is 2.20. The van der Waals surface area contributed by atoms with Gasteiger partial charge in [0.15, 0.2) is 0 Å². The maximum atomic E-state index is 12.2. The lowest BCUT2D eigenvalue weighted by Crippen LogP contribution is -2.45. The molecule has 1 aromatic carbocycles. The zero-order chi connectivity index (χ0) is 17.6. The Kier molecular flexibility index (Phi) is 10.2. The van der Waals surface area contributed by atoms with Crippen molar-refractivity contribution in [2.75, 3.05) is 19.7 Å². The number of hydrazine groups is 1. The van der Waals surface area contributed by atoms with Crippen LogP contribution in [0.1, 0.15) is 32.6 Å². The van der Waals surface area contributed by atoms with Crippen LogP contribution in [0.25, 0.3) is 0 Å². The summed E-state index contributed by atoms with van der Waals surface area (Å²) in [5.41, 5.74) is 5.41. The Morgan fingerprint density at radius 1 is 1.33 bits per heavy atom. The molecule has 1 atom stereocenters. The van der Waals surface area contributed by atoms with Gasteiger partial charge in [0.25, 0.3) is 0 Å². The predicted octanol–water partition coefficient (Wildman–Crippen LogP) is 1.73. The van der Waals surface area contributed by atoms with Crippen LogP contribution in [-0.4, -0.2) is 42.3 Å². The highest BCUT2D eigenvalue weighted by Crippen LogP contribution is 2.11. The van der Waals surface area contributed by atoms with E-state index >= 15 is 0 Å². The Morgan fingerprint density at radius 3 is 2.75 bits per heavy atom. The first-order valence-corrected chi connectivity index (χ1v) is 8.28. The fraction of sp³-hybridized carbons (Fsp3) is 0.529. The highest BCUT2D eigenvalue weighted by Gasteiger charge is 2.20. The largest absolute Gasteiger partial charge is 0.492 e. The molecule has 0 bridgehead atoms. The third-order valence-electron chi connectivity index (χ3n) is 3.51. The van der Waals surface area contributed by atoms with Crippen LogP contribution in [0, 0.1) is 5.92 Å². The van der Waals surface area contributed by atoms with E-state index in [0.29, 0.717) is 31.0 Å². The van der Waals surface area contributed by atoms with Gasteiger partial charge in [-0.3, -0.25) is 20.2 Å². The van der Waals surface area contributed by atoms with Crippen molar-refractivity contribution in [2.45, 2.75) is 32.6 Å². The van der Waals surface area contributed by atoms with E-state index < -0.39 is 5.92 Å². The summed E-state index contributed by atoms with van der Waals surface area (Å²) >= 11 is 0. The summed E-state index contributed by atoms with van der Waals surface area (Å²) in [5, 5.41) is 9.82. The summed E-state index contributed by atoms with van der Waals surface area (Å²) in [6.45, 7) is 2.92. The van der Waals surface area contributed by atoms with Crippen molar-refractivity contribution in [1.29, 1.82) is 0 Å². The molecule has 7 heteroatoms. The van der Waals surface area contributed by atoms with E-state index in [9.17, 15) is 14.8 Å². The first-order valence-electron chi connectivity index (χ1n) is 8.28. The van der Waals surface area contributed by atoms with Gasteiger partial charge < -0.3 is 4.74 Å². The minimum absolute atomic E-state index is 0.0127. The summed E-state index contributed by atoms with van der Waals surface area (Å²) in [6.07, 6.45) is 3.85. The summed E-state index contributed by atoms with van der Waals surface area (Å²) in [7, 11) is 0. The molecule has 0 spiro atoms. The number of hydrogen-bond acceptors (Lipinski definition) is 5. The highest BCUT2D eigenvalue weighted by atomic mass is 16.5. The number of rotatable bonds is 13. The average Bonchev–Trinajstić information content (AvgIpc) is 2.61. The lowest BCUT2D eigenvalue weighted by molar-refractivity contribution is -0.154. The second kappa shape index (κ2) is 12.3. The van der Waals surface area contributed by atoms with Gasteiger partial charge in [0.2, 0.25) is 12.3 Å². The number of unbranched alkanes of at least 4 members (excludes halogenated alkanes) is 2. The van der Waals surface area contributed by atoms with Crippen molar-refractivity contribution in [1.82, 2.24) is 15.9 Å². The molecule has 1 rings (SSSR count). The van der Waals surface area contributed by atoms with Gasteiger partial charge >= 0.3 is 0 Å². The molecule has 0 aliphatic carbocycles.